The number of phenols is 1. The molecule has 3 rings (SSSR count). The summed E-state index contributed by atoms with van der Waals surface area (Å²) in [5.41, 5.74) is 0.225. The quantitative estimate of drug-likeness (QED) is 0.862. The summed E-state index contributed by atoms with van der Waals surface area (Å²) in [6, 6.07) is 8.46. The highest BCUT2D eigenvalue weighted by Crippen LogP contribution is 2.28. The van der Waals surface area contributed by atoms with Crippen LogP contribution in [0.15, 0.2) is 30.3 Å². The van der Waals surface area contributed by atoms with Crippen LogP contribution in [-0.4, -0.2) is 66.9 Å². The first-order chi connectivity index (χ1) is 11.6. The maximum Gasteiger partial charge on any atom is 0.260 e. The number of carbonyl (C=O) groups is 2. The number of carbonyl (C=O) groups excluding carboxylic acids is 2. The van der Waals surface area contributed by atoms with Crippen molar-refractivity contribution in [2.45, 2.75) is 0 Å². The van der Waals surface area contributed by atoms with Crippen molar-refractivity contribution in [2.75, 3.05) is 39.8 Å². The van der Waals surface area contributed by atoms with Crippen LogP contribution in [0.25, 0.3) is 10.8 Å². The van der Waals surface area contributed by atoms with Gasteiger partial charge in [-0.25, -0.2) is 0 Å². The van der Waals surface area contributed by atoms with E-state index in [2.05, 4.69) is 4.90 Å². The van der Waals surface area contributed by atoms with Gasteiger partial charge in [0.05, 0.1) is 5.56 Å². The second kappa shape index (κ2) is 6.88. The van der Waals surface area contributed by atoms with Gasteiger partial charge in [-0.15, -0.1) is 0 Å². The van der Waals surface area contributed by atoms with E-state index in [-0.39, 0.29) is 23.8 Å². The molecule has 1 saturated heterocycles. The van der Waals surface area contributed by atoms with Crippen molar-refractivity contribution in [3.63, 3.8) is 0 Å². The lowest BCUT2D eigenvalue weighted by Crippen LogP contribution is -2.48. The van der Waals surface area contributed by atoms with Crippen LogP contribution in [-0.2, 0) is 4.79 Å². The van der Waals surface area contributed by atoms with E-state index in [0.29, 0.717) is 30.5 Å². The van der Waals surface area contributed by atoms with Crippen molar-refractivity contribution in [3.05, 3.63) is 35.9 Å². The molecule has 1 amide bonds. The molecule has 0 spiro atoms. The number of hydrogen-bond donors (Lipinski definition) is 1. The predicted molar refractivity (Wildman–Crippen MR) is 90.6 cm³/mol. The van der Waals surface area contributed by atoms with Gasteiger partial charge in [-0.2, -0.15) is 0 Å². The number of aromatic hydroxyl groups is 1. The summed E-state index contributed by atoms with van der Waals surface area (Å²) < 4.78 is 5.59. The lowest BCUT2D eigenvalue weighted by Gasteiger charge is -2.32. The zero-order valence-electron chi connectivity index (χ0n) is 13.6. The van der Waals surface area contributed by atoms with E-state index in [9.17, 15) is 14.7 Å². The van der Waals surface area contributed by atoms with Crippen molar-refractivity contribution < 1.29 is 19.4 Å². The number of piperazine rings is 1. The zero-order valence-corrected chi connectivity index (χ0v) is 13.6. The molecule has 6 heteroatoms. The number of aldehydes is 1. The minimum absolute atomic E-state index is 0.0372. The first-order valence-corrected chi connectivity index (χ1v) is 7.88. The lowest BCUT2D eigenvalue weighted by molar-refractivity contribution is -0.134. The van der Waals surface area contributed by atoms with Crippen LogP contribution in [0.4, 0.5) is 0 Å². The molecule has 0 unspecified atom stereocenters. The number of phenolic OH excluding ortho intramolecular Hbond substituents is 1. The Morgan fingerprint density at radius 2 is 1.92 bits per heavy atom. The summed E-state index contributed by atoms with van der Waals surface area (Å²) in [5.74, 6) is 0.386. The first-order valence-electron chi connectivity index (χ1n) is 7.88. The Morgan fingerprint density at radius 1 is 1.21 bits per heavy atom. The van der Waals surface area contributed by atoms with Crippen LogP contribution in [0.1, 0.15) is 10.4 Å². The van der Waals surface area contributed by atoms with Gasteiger partial charge in [0.2, 0.25) is 0 Å². The molecule has 1 aliphatic rings. The standard InChI is InChI=1S/C18H20N2O4/c1-19-6-8-20(9-7-19)18(23)12-24-14-4-2-13-3-5-17(22)16(11-21)15(13)10-14/h2-5,10-11,22H,6-9,12H2,1H3. The summed E-state index contributed by atoms with van der Waals surface area (Å²) in [7, 11) is 2.04. The third kappa shape index (κ3) is 3.33. The third-order valence-electron chi connectivity index (χ3n) is 4.35. The highest BCUT2D eigenvalue weighted by atomic mass is 16.5. The predicted octanol–water partition coefficient (Wildman–Crippen LogP) is 1.51. The van der Waals surface area contributed by atoms with E-state index in [0.717, 1.165) is 18.5 Å². The second-order valence-corrected chi connectivity index (χ2v) is 5.97. The molecule has 126 valence electrons. The van der Waals surface area contributed by atoms with Gasteiger partial charge in [0, 0.05) is 26.2 Å². The largest absolute Gasteiger partial charge is 0.507 e. The van der Waals surface area contributed by atoms with Gasteiger partial charge >= 0.3 is 0 Å². The molecular weight excluding hydrogens is 308 g/mol. The van der Waals surface area contributed by atoms with Crippen LogP contribution >= 0.6 is 0 Å². The minimum atomic E-state index is -0.0665. The molecule has 2 aromatic rings. The van der Waals surface area contributed by atoms with Gasteiger partial charge in [-0.05, 0) is 36.0 Å². The van der Waals surface area contributed by atoms with E-state index in [1.165, 1.54) is 6.07 Å². The average Bonchev–Trinajstić information content (AvgIpc) is 2.60. The molecule has 0 saturated carbocycles. The Morgan fingerprint density at radius 3 is 2.62 bits per heavy atom. The Bertz CT molecular complexity index is 767. The van der Waals surface area contributed by atoms with Gasteiger partial charge < -0.3 is 19.6 Å². The summed E-state index contributed by atoms with van der Waals surface area (Å²) in [6.45, 7) is 3.11. The molecule has 1 fully saturated rings. The summed E-state index contributed by atoms with van der Waals surface area (Å²) in [4.78, 5) is 27.4. The molecular formula is C18H20N2O4. The Labute approximate surface area is 140 Å². The van der Waals surface area contributed by atoms with Crippen molar-refractivity contribution in [1.29, 1.82) is 0 Å². The van der Waals surface area contributed by atoms with Gasteiger partial charge in [0.1, 0.15) is 11.5 Å². The number of likely N-dealkylation sites (N-methyl/N-ethyl adjacent to an activating group) is 1. The van der Waals surface area contributed by atoms with Crippen LogP contribution in [0.3, 0.4) is 0 Å². The minimum Gasteiger partial charge on any atom is -0.507 e. The van der Waals surface area contributed by atoms with Gasteiger partial charge in [-0.3, -0.25) is 9.59 Å². The fourth-order valence-electron chi connectivity index (χ4n) is 2.82. The van der Waals surface area contributed by atoms with Crippen molar-refractivity contribution >= 4 is 23.0 Å². The summed E-state index contributed by atoms with van der Waals surface area (Å²) in [6.07, 6.45) is 0.622. The first kappa shape index (κ1) is 16.3. The molecule has 0 aromatic heterocycles. The van der Waals surface area contributed by atoms with Crippen molar-refractivity contribution in [1.82, 2.24) is 9.80 Å². The fourth-order valence-corrected chi connectivity index (χ4v) is 2.82. The van der Waals surface area contributed by atoms with E-state index in [4.69, 9.17) is 4.74 Å². The van der Waals surface area contributed by atoms with E-state index in [1.54, 1.807) is 29.2 Å². The average molecular weight is 328 g/mol. The maximum absolute atomic E-state index is 12.2. The Hall–Kier alpha value is -2.60. The lowest BCUT2D eigenvalue weighted by atomic mass is 10.0. The fraction of sp³-hybridized carbons (Fsp3) is 0.333. The van der Waals surface area contributed by atoms with Gasteiger partial charge in [0.25, 0.3) is 5.91 Å². The van der Waals surface area contributed by atoms with Crippen LogP contribution in [0.2, 0.25) is 0 Å². The molecule has 0 radical (unpaired) electrons. The highest BCUT2D eigenvalue weighted by molar-refractivity contribution is 6.01. The zero-order chi connectivity index (χ0) is 17.1. The molecule has 6 nitrogen and oxygen atoms in total. The third-order valence-corrected chi connectivity index (χ3v) is 4.35. The molecule has 0 aliphatic carbocycles. The summed E-state index contributed by atoms with van der Waals surface area (Å²) in [5, 5.41) is 11.2. The Balaban J connectivity index is 1.71. The van der Waals surface area contributed by atoms with E-state index < -0.39 is 0 Å². The second-order valence-electron chi connectivity index (χ2n) is 5.97. The molecule has 0 bridgehead atoms. The molecule has 1 N–H and O–H groups in total. The van der Waals surface area contributed by atoms with Gasteiger partial charge in [-0.1, -0.05) is 12.1 Å². The van der Waals surface area contributed by atoms with Crippen molar-refractivity contribution in [3.8, 4) is 11.5 Å². The molecule has 1 heterocycles. The maximum atomic E-state index is 12.2. The van der Waals surface area contributed by atoms with Crippen LogP contribution in [0.5, 0.6) is 11.5 Å². The van der Waals surface area contributed by atoms with E-state index >= 15 is 0 Å². The monoisotopic (exact) mass is 328 g/mol. The van der Waals surface area contributed by atoms with Gasteiger partial charge in [0.15, 0.2) is 12.9 Å². The molecule has 1 aliphatic heterocycles. The number of hydrogen-bond acceptors (Lipinski definition) is 5. The number of ether oxygens (including phenoxy) is 1. The Kier molecular flexibility index (Phi) is 4.66. The normalized spacial score (nSPS) is 15.5. The number of fused-ring (bicyclic) bond motifs is 1. The molecule has 0 atom stereocenters. The topological polar surface area (TPSA) is 70.1 Å². The highest BCUT2D eigenvalue weighted by Gasteiger charge is 2.19. The van der Waals surface area contributed by atoms with Crippen molar-refractivity contribution in [2.24, 2.45) is 0 Å². The number of nitrogens with zero attached hydrogens (tertiary/aromatic N) is 2. The molecule has 24 heavy (non-hydrogen) atoms. The van der Waals surface area contributed by atoms with Crippen LogP contribution in [0, 0.1) is 0 Å². The number of amides is 1. The molecule has 2 aromatic carbocycles. The SMILES string of the molecule is CN1CCN(C(=O)COc2ccc3ccc(O)c(C=O)c3c2)CC1. The van der Waals surface area contributed by atoms with Crippen LogP contribution < -0.4 is 4.74 Å². The smallest absolute Gasteiger partial charge is 0.260 e. The number of benzene rings is 2. The van der Waals surface area contributed by atoms with E-state index in [1.807, 2.05) is 7.05 Å². The number of rotatable bonds is 4. The summed E-state index contributed by atoms with van der Waals surface area (Å²) >= 11 is 0.